The molecule has 18 N–H and O–H groups in total. The Hall–Kier alpha value is -6.89. The first-order valence-corrected chi connectivity index (χ1v) is 21.0. The van der Waals surface area contributed by atoms with Crippen LogP contribution in [0, 0.1) is 0 Å². The molecule has 0 aliphatic rings. The molecule has 0 unspecified atom stereocenters. The largest absolute Gasteiger partial charge is 0.508 e. The normalized spacial score (nSPS) is 14.6. The number of rotatable bonds is 30. The number of phenolic OH excluding ortho intramolecular Hbond substituents is 2. The van der Waals surface area contributed by atoms with E-state index in [0.29, 0.717) is 30.4 Å². The predicted octanol–water partition coefficient (Wildman–Crippen LogP) is -3.21. The van der Waals surface area contributed by atoms with E-state index in [1.54, 1.807) is 0 Å². The average molecular weight is 932 g/mol. The fourth-order valence-corrected chi connectivity index (χ4v) is 6.35. The molecule has 24 nitrogen and oxygen atoms in total. The molecule has 0 bridgehead atoms. The van der Waals surface area contributed by atoms with Crippen molar-refractivity contribution in [2.24, 2.45) is 17.2 Å². The molecule has 0 spiro atoms. The van der Waals surface area contributed by atoms with E-state index < -0.39 is 115 Å². The molecule has 0 saturated heterocycles. The Morgan fingerprint density at radius 2 is 0.879 bits per heavy atom. The van der Waals surface area contributed by atoms with Crippen molar-refractivity contribution >= 4 is 53.4 Å². The summed E-state index contributed by atoms with van der Waals surface area (Å²) in [7, 11) is 0. The number of nitrogens with two attached hydrogens (primary N) is 3. The molecule has 0 fully saturated rings. The maximum absolute atomic E-state index is 14.2. The molecule has 66 heavy (non-hydrogen) atoms. The third-order valence-corrected chi connectivity index (χ3v) is 9.97. The number of carbonyl (C=O) groups is 9. The fourth-order valence-electron chi connectivity index (χ4n) is 6.35. The van der Waals surface area contributed by atoms with Gasteiger partial charge in [0.1, 0.15) is 47.8 Å². The van der Waals surface area contributed by atoms with E-state index in [9.17, 15) is 68.7 Å². The van der Waals surface area contributed by atoms with Crippen LogP contribution in [0.3, 0.4) is 0 Å². The minimum Gasteiger partial charge on any atom is -0.508 e. The number of aromatic hydroxyl groups is 2. The van der Waals surface area contributed by atoms with Gasteiger partial charge in [0, 0.05) is 12.8 Å². The molecule has 2 aromatic carbocycles. The zero-order valence-corrected chi connectivity index (χ0v) is 36.3. The number of carboxylic acid groups (broad SMARTS) is 3. The van der Waals surface area contributed by atoms with Crippen LogP contribution in [0.5, 0.6) is 11.5 Å². The van der Waals surface area contributed by atoms with Crippen molar-refractivity contribution in [1.29, 1.82) is 0 Å². The van der Waals surface area contributed by atoms with Crippen LogP contribution in [0.2, 0.25) is 0 Å². The first-order chi connectivity index (χ1) is 31.1. The van der Waals surface area contributed by atoms with Gasteiger partial charge >= 0.3 is 17.9 Å². The summed E-state index contributed by atoms with van der Waals surface area (Å²) in [4.78, 5) is 117. The topological polar surface area (TPSA) is 425 Å². The Bertz CT molecular complexity index is 1970. The standard InChI is InChI=1S/C42H61N9O15/c1-22(52)35(51-36(59)27(45)20-33(55)56)41(64)49-31(21-34(57)58)40(63)48-30(18-23-8-12-25(53)13-9-23)39(62)47-28(6-2-4-16-43)37(60)46-29(7-3-5-17-44)38(61)50-32(42(65)66)19-24-10-14-26(54)15-11-24/h8-15,22,27-32,35,52-54H,2-7,16-21,43-45H2,1H3,(H,46,60)(H,47,62)(H,48,63)(H,49,64)(H,50,61)(H,51,59)(H,55,56)(H,57,58)(H,65,66)/t22-,27+,28+,29+,30+,31+,32+,35+/m1/s1. The number of phenols is 2. The molecule has 0 radical (unpaired) electrons. The van der Waals surface area contributed by atoms with E-state index in [1.807, 2.05) is 0 Å². The fraction of sp³-hybridized carbons (Fsp3) is 0.500. The van der Waals surface area contributed by atoms with Crippen molar-refractivity contribution < 1.29 is 73.8 Å². The van der Waals surface area contributed by atoms with Crippen LogP contribution in [-0.4, -0.2) is 145 Å². The molecule has 2 aromatic rings. The highest BCUT2D eigenvalue weighted by Gasteiger charge is 2.36. The van der Waals surface area contributed by atoms with E-state index in [1.165, 1.54) is 48.5 Å². The SMILES string of the molecule is C[C@@H](O)[C@H](NC(=O)[C@@H](N)CC(=O)O)C(=O)N[C@@H](CC(=O)O)C(=O)N[C@@H](Cc1ccc(O)cc1)C(=O)N[C@@H](CCCCN)C(=O)N[C@@H](CCCCN)C(=O)N[C@@H](Cc1ccc(O)cc1)C(=O)O. The van der Waals surface area contributed by atoms with E-state index in [2.05, 4.69) is 31.9 Å². The Morgan fingerprint density at radius 1 is 0.500 bits per heavy atom. The molecule has 364 valence electrons. The number of aliphatic hydroxyl groups is 1. The van der Waals surface area contributed by atoms with Gasteiger partial charge in [0.15, 0.2) is 0 Å². The molecule has 0 aromatic heterocycles. The molecule has 24 heteroatoms. The first kappa shape index (κ1) is 55.2. The van der Waals surface area contributed by atoms with Gasteiger partial charge in [-0.05, 0) is 93.9 Å². The van der Waals surface area contributed by atoms with Gasteiger partial charge in [0.25, 0.3) is 0 Å². The quantitative estimate of drug-likeness (QED) is 0.0343. The van der Waals surface area contributed by atoms with Gasteiger partial charge in [-0.2, -0.15) is 0 Å². The van der Waals surface area contributed by atoms with Crippen LogP contribution in [0.1, 0.15) is 69.4 Å². The van der Waals surface area contributed by atoms with Crippen molar-refractivity contribution in [3.63, 3.8) is 0 Å². The minimum absolute atomic E-state index is 0.00867. The molecule has 2 rings (SSSR count). The summed E-state index contributed by atoms with van der Waals surface area (Å²) in [6.45, 7) is 1.51. The van der Waals surface area contributed by atoms with Crippen LogP contribution in [0.25, 0.3) is 0 Å². The number of aliphatic hydroxyl groups excluding tert-OH is 1. The zero-order chi connectivity index (χ0) is 49.5. The second-order valence-electron chi connectivity index (χ2n) is 15.5. The summed E-state index contributed by atoms with van der Waals surface area (Å²) >= 11 is 0. The van der Waals surface area contributed by atoms with Crippen LogP contribution >= 0.6 is 0 Å². The lowest BCUT2D eigenvalue weighted by atomic mass is 10.0. The second-order valence-corrected chi connectivity index (χ2v) is 15.5. The van der Waals surface area contributed by atoms with Crippen molar-refractivity contribution in [3.8, 4) is 11.5 Å². The van der Waals surface area contributed by atoms with Gasteiger partial charge in [-0.1, -0.05) is 24.3 Å². The van der Waals surface area contributed by atoms with Gasteiger partial charge in [-0.3, -0.25) is 38.4 Å². The summed E-state index contributed by atoms with van der Waals surface area (Å²) < 4.78 is 0. The molecule has 6 amide bonds. The van der Waals surface area contributed by atoms with Crippen LogP contribution in [0.4, 0.5) is 0 Å². The highest BCUT2D eigenvalue weighted by atomic mass is 16.4. The minimum atomic E-state index is -1.96. The zero-order valence-electron chi connectivity index (χ0n) is 36.3. The van der Waals surface area contributed by atoms with Gasteiger partial charge in [0.05, 0.1) is 25.0 Å². The van der Waals surface area contributed by atoms with E-state index in [0.717, 1.165) is 6.92 Å². The van der Waals surface area contributed by atoms with Gasteiger partial charge in [0.2, 0.25) is 35.4 Å². The average Bonchev–Trinajstić information content (AvgIpc) is 3.24. The maximum atomic E-state index is 14.2. The lowest BCUT2D eigenvalue weighted by molar-refractivity contribution is -0.143. The third kappa shape index (κ3) is 19.9. The second kappa shape index (κ2) is 28.1. The monoisotopic (exact) mass is 931 g/mol. The highest BCUT2D eigenvalue weighted by molar-refractivity contribution is 5.98. The Kier molecular flexibility index (Phi) is 23.5. The molecule has 0 aliphatic heterocycles. The van der Waals surface area contributed by atoms with Crippen molar-refractivity contribution in [2.45, 2.75) is 120 Å². The summed E-state index contributed by atoms with van der Waals surface area (Å²) in [5.41, 5.74) is 17.7. The van der Waals surface area contributed by atoms with Crippen molar-refractivity contribution in [3.05, 3.63) is 59.7 Å². The summed E-state index contributed by atoms with van der Waals surface area (Å²) in [6.07, 6.45) is -2.73. The summed E-state index contributed by atoms with van der Waals surface area (Å²) in [5, 5.41) is 72.5. The molecule has 0 saturated carbocycles. The van der Waals surface area contributed by atoms with Crippen LogP contribution in [-0.2, 0) is 56.0 Å². The Balaban J connectivity index is 2.45. The number of carboxylic acids is 3. The smallest absolute Gasteiger partial charge is 0.326 e. The first-order valence-electron chi connectivity index (χ1n) is 21.0. The van der Waals surface area contributed by atoms with Gasteiger partial charge in [-0.15, -0.1) is 0 Å². The lowest BCUT2D eigenvalue weighted by Crippen LogP contribution is -2.61. The summed E-state index contributed by atoms with van der Waals surface area (Å²) in [5.74, 6) is -11.1. The number of unbranched alkanes of at least 4 members (excludes halogenated alkanes) is 2. The Morgan fingerprint density at radius 3 is 1.29 bits per heavy atom. The van der Waals surface area contributed by atoms with Gasteiger partial charge < -0.3 is 79.7 Å². The number of nitrogens with one attached hydrogen (secondary N) is 6. The number of benzene rings is 2. The van der Waals surface area contributed by atoms with Crippen LogP contribution in [0.15, 0.2) is 48.5 Å². The van der Waals surface area contributed by atoms with Crippen LogP contribution < -0.4 is 49.1 Å². The van der Waals surface area contributed by atoms with Gasteiger partial charge in [-0.25, -0.2) is 4.79 Å². The molecule has 8 atom stereocenters. The van der Waals surface area contributed by atoms with E-state index in [4.69, 9.17) is 22.3 Å². The van der Waals surface area contributed by atoms with Crippen molar-refractivity contribution in [2.75, 3.05) is 13.1 Å². The number of hydrogen-bond donors (Lipinski definition) is 15. The van der Waals surface area contributed by atoms with Crippen molar-refractivity contribution in [1.82, 2.24) is 31.9 Å². The number of hydrogen-bond acceptors (Lipinski definition) is 15. The molecular formula is C42H61N9O15. The third-order valence-electron chi connectivity index (χ3n) is 9.97. The van der Waals surface area contributed by atoms with E-state index in [-0.39, 0.29) is 56.7 Å². The Labute approximate surface area is 379 Å². The highest BCUT2D eigenvalue weighted by Crippen LogP contribution is 2.15. The lowest BCUT2D eigenvalue weighted by Gasteiger charge is -2.28. The maximum Gasteiger partial charge on any atom is 0.326 e. The predicted molar refractivity (Wildman–Crippen MR) is 233 cm³/mol. The molecular weight excluding hydrogens is 871 g/mol. The number of aliphatic carboxylic acids is 3. The summed E-state index contributed by atoms with van der Waals surface area (Å²) in [6, 6.07) is -0.240. The number of amides is 6. The molecule has 0 aliphatic carbocycles. The number of carbonyl (C=O) groups excluding carboxylic acids is 6. The molecule has 0 heterocycles. The van der Waals surface area contributed by atoms with E-state index >= 15 is 0 Å².